The Labute approximate surface area is 96.5 Å². The maximum Gasteiger partial charge on any atom is 0.185 e. The summed E-state index contributed by atoms with van der Waals surface area (Å²) >= 11 is 1.78. The Balaban J connectivity index is 2.65. The molecule has 15 heavy (non-hydrogen) atoms. The highest BCUT2D eigenvalue weighted by Crippen LogP contribution is 2.22. The van der Waals surface area contributed by atoms with Crippen LogP contribution in [0.2, 0.25) is 0 Å². The zero-order valence-corrected chi connectivity index (χ0v) is 10.9. The molecule has 1 aromatic heterocycles. The van der Waals surface area contributed by atoms with Crippen LogP contribution in [0, 0.1) is 5.92 Å². The van der Waals surface area contributed by atoms with Crippen LogP contribution in [0.25, 0.3) is 0 Å². The predicted octanol–water partition coefficient (Wildman–Crippen LogP) is 2.34. The second kappa shape index (κ2) is 6.08. The van der Waals surface area contributed by atoms with E-state index in [9.17, 15) is 0 Å². The molecular weight excluding hydrogens is 206 g/mol. The van der Waals surface area contributed by atoms with Crippen molar-refractivity contribution < 1.29 is 0 Å². The molecule has 3 nitrogen and oxygen atoms in total. The number of hydrogen-bond donors (Lipinski definition) is 1. The monoisotopic (exact) mass is 227 g/mol. The summed E-state index contributed by atoms with van der Waals surface area (Å²) in [4.78, 5) is 8.11. The molecule has 0 atom stereocenters. The quantitative estimate of drug-likeness (QED) is 0.808. The molecule has 0 aromatic carbocycles. The first kappa shape index (κ1) is 12.5. The minimum atomic E-state index is 0.682. The molecule has 1 N–H and O–H groups in total. The minimum absolute atomic E-state index is 0.682. The lowest BCUT2D eigenvalue weighted by Gasteiger charge is -2.21. The third kappa shape index (κ3) is 3.80. The fourth-order valence-electron chi connectivity index (χ4n) is 1.48. The maximum atomic E-state index is 4.46. The Hall–Kier alpha value is -0.610. The van der Waals surface area contributed by atoms with Gasteiger partial charge in [-0.25, -0.2) is 4.98 Å². The summed E-state index contributed by atoms with van der Waals surface area (Å²) < 4.78 is 0. The van der Waals surface area contributed by atoms with Crippen LogP contribution in [0.5, 0.6) is 0 Å². The van der Waals surface area contributed by atoms with E-state index in [1.165, 1.54) is 4.88 Å². The van der Waals surface area contributed by atoms with Crippen molar-refractivity contribution in [3.63, 3.8) is 0 Å². The van der Waals surface area contributed by atoms with Crippen molar-refractivity contribution in [3.8, 4) is 0 Å². The summed E-state index contributed by atoms with van der Waals surface area (Å²) in [7, 11) is 1.96. The van der Waals surface area contributed by atoms with Crippen molar-refractivity contribution in [2.45, 2.75) is 27.3 Å². The van der Waals surface area contributed by atoms with Gasteiger partial charge in [-0.05, 0) is 19.9 Å². The fourth-order valence-corrected chi connectivity index (χ4v) is 2.48. The molecule has 0 radical (unpaired) electrons. The van der Waals surface area contributed by atoms with Gasteiger partial charge in [-0.1, -0.05) is 13.8 Å². The highest BCUT2D eigenvalue weighted by molar-refractivity contribution is 7.15. The molecule has 0 saturated heterocycles. The summed E-state index contributed by atoms with van der Waals surface area (Å²) in [6.45, 7) is 9.70. The molecule has 0 aliphatic rings. The van der Waals surface area contributed by atoms with Crippen LogP contribution in [0.3, 0.4) is 0 Å². The standard InChI is InChI=1S/C11H21N3S/c1-5-14(8-9(2)3)11-13-7-10(15-11)6-12-4/h7,9,12H,5-6,8H2,1-4H3. The number of nitrogens with zero attached hydrogens (tertiary/aromatic N) is 2. The highest BCUT2D eigenvalue weighted by Gasteiger charge is 2.10. The number of thiazole rings is 1. The van der Waals surface area contributed by atoms with E-state index in [1.54, 1.807) is 11.3 Å². The molecule has 1 rings (SSSR count). The largest absolute Gasteiger partial charge is 0.348 e. The second-order valence-corrected chi connectivity index (χ2v) is 5.17. The first-order valence-electron chi connectivity index (χ1n) is 5.51. The van der Waals surface area contributed by atoms with Gasteiger partial charge in [0.15, 0.2) is 5.13 Å². The van der Waals surface area contributed by atoms with E-state index in [-0.39, 0.29) is 0 Å². The van der Waals surface area contributed by atoms with Crippen molar-refractivity contribution in [1.29, 1.82) is 0 Å². The van der Waals surface area contributed by atoms with Crippen molar-refractivity contribution in [2.24, 2.45) is 5.92 Å². The molecule has 0 unspecified atom stereocenters. The lowest BCUT2D eigenvalue weighted by molar-refractivity contribution is 0.618. The van der Waals surface area contributed by atoms with E-state index in [4.69, 9.17) is 0 Å². The second-order valence-electron chi connectivity index (χ2n) is 4.07. The zero-order valence-electron chi connectivity index (χ0n) is 10.1. The lowest BCUT2D eigenvalue weighted by atomic mass is 10.2. The first-order chi connectivity index (χ1) is 7.17. The van der Waals surface area contributed by atoms with Crippen LogP contribution in [0.1, 0.15) is 25.6 Å². The lowest BCUT2D eigenvalue weighted by Crippen LogP contribution is -2.26. The third-order valence-corrected chi connectivity index (χ3v) is 3.19. The molecule has 4 heteroatoms. The molecule has 0 bridgehead atoms. The molecule has 0 fully saturated rings. The predicted molar refractivity (Wildman–Crippen MR) is 67.6 cm³/mol. The Bertz CT molecular complexity index is 283. The first-order valence-corrected chi connectivity index (χ1v) is 6.33. The fraction of sp³-hybridized carbons (Fsp3) is 0.727. The van der Waals surface area contributed by atoms with Crippen LogP contribution < -0.4 is 10.2 Å². The molecule has 0 saturated carbocycles. The average molecular weight is 227 g/mol. The SMILES string of the molecule is CCN(CC(C)C)c1ncc(CNC)s1. The van der Waals surface area contributed by atoms with Crippen molar-refractivity contribution in [3.05, 3.63) is 11.1 Å². The molecule has 0 amide bonds. The van der Waals surface area contributed by atoms with Crippen LogP contribution in [0.15, 0.2) is 6.20 Å². The van der Waals surface area contributed by atoms with Crippen molar-refractivity contribution in [2.75, 3.05) is 25.0 Å². The molecule has 0 aliphatic carbocycles. The summed E-state index contributed by atoms with van der Waals surface area (Å²) in [6.07, 6.45) is 1.97. The van der Waals surface area contributed by atoms with Crippen LogP contribution in [-0.4, -0.2) is 25.1 Å². The van der Waals surface area contributed by atoms with E-state index >= 15 is 0 Å². The van der Waals surface area contributed by atoms with Gasteiger partial charge >= 0.3 is 0 Å². The topological polar surface area (TPSA) is 28.2 Å². The van der Waals surface area contributed by atoms with Gasteiger partial charge < -0.3 is 10.2 Å². The molecule has 0 spiro atoms. The van der Waals surface area contributed by atoms with Gasteiger partial charge in [0.1, 0.15) is 0 Å². The maximum absolute atomic E-state index is 4.46. The average Bonchev–Trinajstić information content (AvgIpc) is 2.63. The van der Waals surface area contributed by atoms with Crippen molar-refractivity contribution >= 4 is 16.5 Å². The van der Waals surface area contributed by atoms with Gasteiger partial charge in [0.2, 0.25) is 0 Å². The van der Waals surface area contributed by atoms with E-state index in [0.29, 0.717) is 5.92 Å². The number of rotatable bonds is 6. The van der Waals surface area contributed by atoms with Gasteiger partial charge in [0, 0.05) is 30.7 Å². The zero-order chi connectivity index (χ0) is 11.3. The van der Waals surface area contributed by atoms with Gasteiger partial charge in [0.25, 0.3) is 0 Å². The number of aromatic nitrogens is 1. The molecular formula is C11H21N3S. The molecule has 86 valence electrons. The van der Waals surface area contributed by atoms with E-state index in [2.05, 4.69) is 36.0 Å². The normalized spacial score (nSPS) is 11.0. The van der Waals surface area contributed by atoms with Gasteiger partial charge in [0.05, 0.1) is 0 Å². The van der Waals surface area contributed by atoms with Crippen LogP contribution >= 0.6 is 11.3 Å². The Morgan fingerprint density at radius 2 is 2.27 bits per heavy atom. The summed E-state index contributed by atoms with van der Waals surface area (Å²) in [5, 5.41) is 4.30. The van der Waals surface area contributed by atoms with Crippen LogP contribution in [0.4, 0.5) is 5.13 Å². The Morgan fingerprint density at radius 3 is 2.80 bits per heavy atom. The Morgan fingerprint density at radius 1 is 1.53 bits per heavy atom. The third-order valence-electron chi connectivity index (χ3n) is 2.13. The summed E-state index contributed by atoms with van der Waals surface area (Å²) in [6, 6.07) is 0. The molecule has 1 heterocycles. The smallest absolute Gasteiger partial charge is 0.185 e. The summed E-state index contributed by atoms with van der Waals surface area (Å²) in [5.74, 6) is 0.682. The number of nitrogens with one attached hydrogen (secondary N) is 1. The highest BCUT2D eigenvalue weighted by atomic mass is 32.1. The van der Waals surface area contributed by atoms with E-state index in [0.717, 1.165) is 24.8 Å². The van der Waals surface area contributed by atoms with Gasteiger partial charge in [-0.3, -0.25) is 0 Å². The number of anilines is 1. The molecule has 1 aromatic rings. The number of hydrogen-bond acceptors (Lipinski definition) is 4. The Kier molecular flexibility index (Phi) is 5.05. The van der Waals surface area contributed by atoms with E-state index in [1.807, 2.05) is 13.2 Å². The van der Waals surface area contributed by atoms with Crippen molar-refractivity contribution in [1.82, 2.24) is 10.3 Å². The van der Waals surface area contributed by atoms with Gasteiger partial charge in [-0.15, -0.1) is 11.3 Å². The van der Waals surface area contributed by atoms with Crippen LogP contribution in [-0.2, 0) is 6.54 Å². The molecule has 0 aliphatic heterocycles. The van der Waals surface area contributed by atoms with E-state index < -0.39 is 0 Å². The minimum Gasteiger partial charge on any atom is -0.348 e. The van der Waals surface area contributed by atoms with Gasteiger partial charge in [-0.2, -0.15) is 0 Å². The summed E-state index contributed by atoms with van der Waals surface area (Å²) in [5.41, 5.74) is 0.